The molecule has 0 heterocycles. The van der Waals surface area contributed by atoms with Gasteiger partial charge in [0.2, 0.25) is 5.91 Å². The van der Waals surface area contributed by atoms with E-state index < -0.39 is 0 Å². The topological polar surface area (TPSA) is 49.3 Å². The van der Waals surface area contributed by atoms with Crippen molar-refractivity contribution in [2.24, 2.45) is 5.41 Å². The van der Waals surface area contributed by atoms with Crippen LogP contribution in [0.3, 0.4) is 0 Å². The molecule has 0 aromatic heterocycles. The van der Waals surface area contributed by atoms with Crippen molar-refractivity contribution in [3.8, 4) is 0 Å². The second-order valence-corrected chi connectivity index (χ2v) is 5.93. The Bertz CT molecular complexity index is 224. The zero-order chi connectivity index (χ0) is 11.5. The monoisotopic (exact) mass is 213 g/mol. The third-order valence-electron chi connectivity index (χ3n) is 2.96. The van der Waals surface area contributed by atoms with Crippen LogP contribution in [-0.2, 0) is 4.79 Å². The first kappa shape index (κ1) is 12.5. The molecule has 1 saturated carbocycles. The molecule has 1 fully saturated rings. The molecule has 0 aliphatic heterocycles. The van der Waals surface area contributed by atoms with Gasteiger partial charge in [-0.2, -0.15) is 0 Å². The Morgan fingerprint density at radius 1 is 1.33 bits per heavy atom. The second kappa shape index (κ2) is 4.52. The Kier molecular flexibility index (Phi) is 3.77. The normalized spacial score (nSPS) is 20.3. The van der Waals surface area contributed by atoms with Crippen molar-refractivity contribution in [1.82, 2.24) is 5.32 Å². The first-order chi connectivity index (χ1) is 6.87. The predicted molar refractivity (Wildman–Crippen MR) is 60.5 cm³/mol. The molecule has 1 amide bonds. The fourth-order valence-corrected chi connectivity index (χ4v) is 2.20. The Balaban J connectivity index is 2.49. The summed E-state index contributed by atoms with van der Waals surface area (Å²) in [5.74, 6) is 0.0680. The Morgan fingerprint density at radius 2 is 1.87 bits per heavy atom. The van der Waals surface area contributed by atoms with Gasteiger partial charge in [-0.05, 0) is 18.3 Å². The van der Waals surface area contributed by atoms with E-state index in [1.807, 2.05) is 20.8 Å². The van der Waals surface area contributed by atoms with E-state index in [4.69, 9.17) is 0 Å². The highest BCUT2D eigenvalue weighted by molar-refractivity contribution is 5.77. The molecule has 0 bridgehead atoms. The summed E-state index contributed by atoms with van der Waals surface area (Å²) in [6, 6.07) is 0. The zero-order valence-electron chi connectivity index (χ0n) is 10.1. The lowest BCUT2D eigenvalue weighted by Crippen LogP contribution is -2.49. The van der Waals surface area contributed by atoms with Gasteiger partial charge in [-0.1, -0.05) is 33.6 Å². The van der Waals surface area contributed by atoms with Crippen LogP contribution in [0.5, 0.6) is 0 Å². The van der Waals surface area contributed by atoms with Crippen LogP contribution in [0.2, 0.25) is 0 Å². The number of hydrogen-bond donors (Lipinski definition) is 2. The van der Waals surface area contributed by atoms with E-state index in [-0.39, 0.29) is 23.5 Å². The van der Waals surface area contributed by atoms with E-state index in [1.165, 1.54) is 0 Å². The van der Waals surface area contributed by atoms with E-state index in [2.05, 4.69) is 5.32 Å². The number of carbonyl (C=O) groups is 1. The maximum Gasteiger partial charge on any atom is 0.221 e. The molecule has 1 rings (SSSR count). The van der Waals surface area contributed by atoms with Gasteiger partial charge >= 0.3 is 0 Å². The van der Waals surface area contributed by atoms with Gasteiger partial charge < -0.3 is 10.4 Å². The molecular weight excluding hydrogens is 190 g/mol. The highest BCUT2D eigenvalue weighted by atomic mass is 16.3. The van der Waals surface area contributed by atoms with Crippen molar-refractivity contribution in [1.29, 1.82) is 0 Å². The second-order valence-electron chi connectivity index (χ2n) is 5.93. The number of amides is 1. The minimum atomic E-state index is -0.317. The highest BCUT2D eigenvalue weighted by Crippen LogP contribution is 2.30. The molecule has 1 aliphatic rings. The molecule has 1 aliphatic carbocycles. The lowest BCUT2D eigenvalue weighted by atomic mass is 9.90. The van der Waals surface area contributed by atoms with Crippen LogP contribution in [0.25, 0.3) is 0 Å². The highest BCUT2D eigenvalue weighted by Gasteiger charge is 2.35. The number of aliphatic hydroxyl groups excluding tert-OH is 1. The van der Waals surface area contributed by atoms with E-state index in [1.54, 1.807) is 0 Å². The molecule has 0 radical (unpaired) electrons. The summed E-state index contributed by atoms with van der Waals surface area (Å²) >= 11 is 0. The molecule has 0 aromatic carbocycles. The maximum absolute atomic E-state index is 11.8. The number of rotatable bonds is 3. The lowest BCUT2D eigenvalue weighted by Gasteiger charge is -2.29. The van der Waals surface area contributed by atoms with Gasteiger partial charge in [-0.25, -0.2) is 0 Å². The number of carbonyl (C=O) groups excluding carboxylic acids is 1. The zero-order valence-corrected chi connectivity index (χ0v) is 10.1. The predicted octanol–water partition coefficient (Wildman–Crippen LogP) is 1.84. The maximum atomic E-state index is 11.8. The van der Waals surface area contributed by atoms with Crippen molar-refractivity contribution in [2.45, 2.75) is 58.4 Å². The van der Waals surface area contributed by atoms with Crippen molar-refractivity contribution in [2.75, 3.05) is 6.61 Å². The SMILES string of the molecule is CC(C)(C)CC(=O)NC1(CO)CCCC1. The summed E-state index contributed by atoms with van der Waals surface area (Å²) in [4.78, 5) is 11.8. The summed E-state index contributed by atoms with van der Waals surface area (Å²) in [5, 5.41) is 12.4. The van der Waals surface area contributed by atoms with Crippen LogP contribution in [-0.4, -0.2) is 23.2 Å². The summed E-state index contributed by atoms with van der Waals surface area (Å²) in [5.41, 5.74) is -0.304. The molecule has 88 valence electrons. The number of nitrogens with one attached hydrogen (secondary N) is 1. The largest absolute Gasteiger partial charge is 0.394 e. The quantitative estimate of drug-likeness (QED) is 0.751. The molecule has 0 aromatic rings. The standard InChI is InChI=1S/C12H23NO2/c1-11(2,3)8-10(15)13-12(9-14)6-4-5-7-12/h14H,4-9H2,1-3H3,(H,13,15). The number of hydrogen-bond acceptors (Lipinski definition) is 2. The van der Waals surface area contributed by atoms with Gasteiger partial charge in [0.05, 0.1) is 12.1 Å². The third kappa shape index (κ3) is 3.82. The van der Waals surface area contributed by atoms with Crippen LogP contribution in [0.4, 0.5) is 0 Å². The third-order valence-corrected chi connectivity index (χ3v) is 2.96. The van der Waals surface area contributed by atoms with Gasteiger partial charge in [0.1, 0.15) is 0 Å². The van der Waals surface area contributed by atoms with Gasteiger partial charge in [0.15, 0.2) is 0 Å². The average molecular weight is 213 g/mol. The van der Waals surface area contributed by atoms with Crippen molar-refractivity contribution < 1.29 is 9.90 Å². The Morgan fingerprint density at radius 3 is 2.27 bits per heavy atom. The van der Waals surface area contributed by atoms with Crippen LogP contribution in [0.15, 0.2) is 0 Å². The molecule has 2 N–H and O–H groups in total. The van der Waals surface area contributed by atoms with Crippen molar-refractivity contribution in [3.63, 3.8) is 0 Å². The van der Waals surface area contributed by atoms with Crippen LogP contribution in [0.1, 0.15) is 52.9 Å². The fourth-order valence-electron chi connectivity index (χ4n) is 2.20. The molecule has 15 heavy (non-hydrogen) atoms. The van der Waals surface area contributed by atoms with Crippen molar-refractivity contribution >= 4 is 5.91 Å². The summed E-state index contributed by atoms with van der Waals surface area (Å²) in [7, 11) is 0. The van der Waals surface area contributed by atoms with Gasteiger partial charge in [0, 0.05) is 6.42 Å². The van der Waals surface area contributed by atoms with Crippen LogP contribution < -0.4 is 5.32 Å². The average Bonchev–Trinajstić information content (AvgIpc) is 2.50. The summed E-state index contributed by atoms with van der Waals surface area (Å²) in [6.45, 7) is 6.22. The Hall–Kier alpha value is -0.570. The molecule has 0 unspecified atom stereocenters. The Labute approximate surface area is 92.3 Å². The van der Waals surface area contributed by atoms with E-state index >= 15 is 0 Å². The van der Waals surface area contributed by atoms with Crippen molar-refractivity contribution in [3.05, 3.63) is 0 Å². The lowest BCUT2D eigenvalue weighted by molar-refractivity contribution is -0.125. The molecule has 3 heteroatoms. The van der Waals surface area contributed by atoms with E-state index in [0.29, 0.717) is 6.42 Å². The minimum absolute atomic E-state index is 0.0132. The fraction of sp³-hybridized carbons (Fsp3) is 0.917. The van der Waals surface area contributed by atoms with E-state index in [9.17, 15) is 9.90 Å². The minimum Gasteiger partial charge on any atom is -0.394 e. The molecule has 0 spiro atoms. The molecule has 3 nitrogen and oxygen atoms in total. The molecule has 0 atom stereocenters. The molecular formula is C12H23NO2. The van der Waals surface area contributed by atoms with Gasteiger partial charge in [0.25, 0.3) is 0 Å². The number of aliphatic hydroxyl groups is 1. The van der Waals surface area contributed by atoms with E-state index in [0.717, 1.165) is 25.7 Å². The first-order valence-corrected chi connectivity index (χ1v) is 5.79. The first-order valence-electron chi connectivity index (χ1n) is 5.79. The summed E-state index contributed by atoms with van der Waals surface area (Å²) < 4.78 is 0. The van der Waals surface area contributed by atoms with Crippen LogP contribution in [0, 0.1) is 5.41 Å². The van der Waals surface area contributed by atoms with Crippen LogP contribution >= 0.6 is 0 Å². The molecule has 0 saturated heterocycles. The van der Waals surface area contributed by atoms with Gasteiger partial charge in [-0.15, -0.1) is 0 Å². The summed E-state index contributed by atoms with van der Waals surface area (Å²) in [6.07, 6.45) is 4.57. The van der Waals surface area contributed by atoms with Gasteiger partial charge in [-0.3, -0.25) is 4.79 Å². The smallest absolute Gasteiger partial charge is 0.221 e.